The van der Waals surface area contributed by atoms with Crippen molar-refractivity contribution in [2.75, 3.05) is 0 Å². The van der Waals surface area contributed by atoms with Crippen LogP contribution in [0.1, 0.15) is 107 Å². The van der Waals surface area contributed by atoms with Crippen LogP contribution in [-0.2, 0) is 44.9 Å². The number of fused-ring (bicyclic) bond motifs is 3. The van der Waals surface area contributed by atoms with E-state index < -0.39 is 21.3 Å². The van der Waals surface area contributed by atoms with Gasteiger partial charge in [0, 0.05) is 0 Å². The molecule has 0 radical (unpaired) electrons. The molecule has 6 aromatic rings. The summed E-state index contributed by atoms with van der Waals surface area (Å²) in [5.41, 5.74) is 22.5. The summed E-state index contributed by atoms with van der Waals surface area (Å²) in [6.07, 6.45) is 10.4. The quantitative estimate of drug-likeness (QED) is 0.143. The van der Waals surface area contributed by atoms with Crippen molar-refractivity contribution in [3.05, 3.63) is 198 Å². The third kappa shape index (κ3) is 9.16. The van der Waals surface area contributed by atoms with E-state index in [1.807, 2.05) is 0 Å². The molecule has 0 atom stereocenters. The molecule has 0 amide bonds. The second-order valence-electron chi connectivity index (χ2n) is 19.2. The maximum absolute atomic E-state index is 2.84. The van der Waals surface area contributed by atoms with Gasteiger partial charge < -0.3 is 24.8 Å². The summed E-state index contributed by atoms with van der Waals surface area (Å²) in [6.45, 7) is 23.4. The van der Waals surface area contributed by atoms with E-state index in [0.29, 0.717) is 3.63 Å². The molecule has 2 aliphatic rings. The van der Waals surface area contributed by atoms with Gasteiger partial charge in [0.15, 0.2) is 0 Å². The minimum absolute atomic E-state index is 0. The molecule has 0 bridgehead atoms. The van der Waals surface area contributed by atoms with Gasteiger partial charge in [0.2, 0.25) is 0 Å². The molecule has 8 rings (SSSR count). The Labute approximate surface area is 381 Å². The van der Waals surface area contributed by atoms with E-state index in [4.69, 9.17) is 0 Å². The molecule has 0 aromatic heterocycles. The first-order valence-corrected chi connectivity index (χ1v) is 25.2. The maximum Gasteiger partial charge on any atom is -1.00 e. The fourth-order valence-corrected chi connectivity index (χ4v) is 18.7. The van der Waals surface area contributed by atoms with Crippen LogP contribution in [-0.4, -0.2) is 3.21 Å². The summed E-state index contributed by atoms with van der Waals surface area (Å²) in [5.74, 6) is 0. The first-order valence-electron chi connectivity index (χ1n) is 21.4. The third-order valence-electron chi connectivity index (χ3n) is 12.6. The molecule has 60 heavy (non-hydrogen) atoms. The van der Waals surface area contributed by atoms with Crippen LogP contribution in [0.5, 0.6) is 0 Å². The predicted octanol–water partition coefficient (Wildman–Crippen LogP) is 9.05. The van der Waals surface area contributed by atoms with Gasteiger partial charge in [-0.15, -0.1) is 0 Å². The van der Waals surface area contributed by atoms with E-state index in [1.54, 1.807) is 17.6 Å². The smallest absolute Gasteiger partial charge is 1.00 e. The van der Waals surface area contributed by atoms with Crippen LogP contribution < -0.4 is 24.8 Å². The zero-order valence-corrected chi connectivity index (χ0v) is 41.2. The van der Waals surface area contributed by atoms with Gasteiger partial charge in [-0.3, -0.25) is 0 Å². The summed E-state index contributed by atoms with van der Waals surface area (Å²) in [4.78, 5) is 0. The summed E-state index contributed by atoms with van der Waals surface area (Å²) >= 11 is -2.84. The van der Waals surface area contributed by atoms with Gasteiger partial charge in [-0.2, -0.15) is 0 Å². The Balaban J connectivity index is 0.00000302. The van der Waals surface area contributed by atoms with Crippen molar-refractivity contribution in [1.29, 1.82) is 0 Å². The van der Waals surface area contributed by atoms with Crippen LogP contribution >= 0.6 is 0 Å². The molecule has 306 valence electrons. The molecule has 0 saturated heterocycles. The number of benzene rings is 6. The largest absolute Gasteiger partial charge is 1.00 e. The second kappa shape index (κ2) is 18.2. The molecule has 0 unspecified atom stereocenters. The van der Waals surface area contributed by atoms with Crippen LogP contribution in [0.4, 0.5) is 0 Å². The van der Waals surface area contributed by atoms with E-state index in [1.165, 1.54) is 77.9 Å². The van der Waals surface area contributed by atoms with E-state index in [2.05, 4.69) is 209 Å². The fraction of sp³-hybridized carbons (Fsp3) is 0.281. The second-order valence-corrected chi connectivity index (χ2v) is 26.0. The summed E-state index contributed by atoms with van der Waals surface area (Å²) in [5, 5.41) is 0. The number of allylic oxidation sites excluding steroid dienone is 4. The molecule has 0 N–H and O–H groups in total. The van der Waals surface area contributed by atoms with E-state index in [-0.39, 0.29) is 35.6 Å². The molecule has 0 fully saturated rings. The fourth-order valence-electron chi connectivity index (χ4n) is 9.51. The Morgan fingerprint density at radius 3 is 1.30 bits per heavy atom. The standard InChI is InChI=1S/C35H37.C17H18.C5H5.2ClH.Zr/c1-22-13-9-11-15-26(22)30-18-24-17-25-19-31(27-16-12-10-14-23(27)2)33(35(6,7)8)21-29(25)28(24)20-32(30)34(3,4)5;1-14-6-10-16(11-7-14)4-3-5-17-12-8-15(2)9-13-17;1-2-4-5-3-1;;;/h9-21H,1-8H3;6-13H,4-5H2,1-2H3;1-3H,4H2;2*1H;/q;;;;;+2/p-2. The van der Waals surface area contributed by atoms with Crippen LogP contribution in [0.15, 0.2) is 143 Å². The molecular weight excluding hydrogens is 847 g/mol. The zero-order valence-electron chi connectivity index (χ0n) is 37.2. The normalized spacial score (nSPS) is 13.1. The monoisotopic (exact) mass is 904 g/mol. The van der Waals surface area contributed by atoms with Gasteiger partial charge in [-0.05, 0) is 0 Å². The molecule has 0 spiro atoms. The number of hydrogen-bond acceptors (Lipinski definition) is 0. The molecule has 0 nitrogen and oxygen atoms in total. The van der Waals surface area contributed by atoms with E-state index in [9.17, 15) is 0 Å². The first kappa shape index (κ1) is 45.7. The number of aryl methyl sites for hydroxylation is 4. The van der Waals surface area contributed by atoms with Crippen molar-refractivity contribution in [3.63, 3.8) is 0 Å². The molecular formula is C57H60Cl2Zr. The molecule has 0 aliphatic heterocycles. The van der Waals surface area contributed by atoms with Crippen LogP contribution in [0.2, 0.25) is 0 Å². The minimum Gasteiger partial charge on any atom is -1.00 e. The number of halogens is 2. The molecule has 6 aromatic carbocycles. The van der Waals surface area contributed by atoms with Crippen molar-refractivity contribution >= 4 is 3.21 Å². The Bertz CT molecular complexity index is 2460. The van der Waals surface area contributed by atoms with Gasteiger partial charge in [0.1, 0.15) is 0 Å². The Morgan fingerprint density at radius 2 is 0.933 bits per heavy atom. The Morgan fingerprint density at radius 1 is 0.517 bits per heavy atom. The van der Waals surface area contributed by atoms with Crippen molar-refractivity contribution in [2.24, 2.45) is 0 Å². The molecule has 0 saturated carbocycles. The van der Waals surface area contributed by atoms with Gasteiger partial charge in [-0.25, -0.2) is 0 Å². The average Bonchev–Trinajstić information content (AvgIpc) is 3.82. The van der Waals surface area contributed by atoms with Crippen molar-refractivity contribution in [3.8, 4) is 33.4 Å². The van der Waals surface area contributed by atoms with Crippen LogP contribution in [0, 0.1) is 27.7 Å². The SMILES string of the molecule is Cc1ccc(C[C](Cc2ccc(C)cc2)=[Zr+2]([C]2=CC=CC2)[CH]2c3cc(-c4ccccc4C)c(C(C)(C)C)cc3-c3cc(C(C)(C)C)c(-c4ccccc4C)cc32)cc1.[Cl-].[Cl-]. The Hall–Kier alpha value is -3.87. The third-order valence-corrected chi connectivity index (χ3v) is 20.9. The van der Waals surface area contributed by atoms with Gasteiger partial charge in [-0.1, -0.05) is 0 Å². The number of rotatable bonds is 8. The zero-order chi connectivity index (χ0) is 40.9. The van der Waals surface area contributed by atoms with Crippen molar-refractivity contribution in [1.82, 2.24) is 0 Å². The maximum atomic E-state index is 2.69. The topological polar surface area (TPSA) is 0 Å². The summed E-state index contributed by atoms with van der Waals surface area (Å²) in [6, 6.07) is 47.5. The van der Waals surface area contributed by atoms with Gasteiger partial charge >= 0.3 is 359 Å². The molecule has 3 heteroatoms. The van der Waals surface area contributed by atoms with Crippen LogP contribution in [0.25, 0.3) is 33.4 Å². The molecule has 2 aliphatic carbocycles. The van der Waals surface area contributed by atoms with E-state index >= 15 is 0 Å². The van der Waals surface area contributed by atoms with E-state index in [0.717, 1.165) is 19.3 Å². The van der Waals surface area contributed by atoms with Crippen molar-refractivity contribution < 1.29 is 46.1 Å². The minimum atomic E-state index is -2.84. The summed E-state index contributed by atoms with van der Waals surface area (Å²) in [7, 11) is 0. The average molecular weight is 907 g/mol. The Kier molecular flexibility index (Phi) is 13.9. The molecule has 0 heterocycles. The first-order chi connectivity index (χ1) is 27.7. The van der Waals surface area contributed by atoms with Gasteiger partial charge in [0.05, 0.1) is 0 Å². The van der Waals surface area contributed by atoms with Crippen molar-refractivity contribution in [2.45, 2.75) is 103 Å². The van der Waals surface area contributed by atoms with Crippen LogP contribution in [0.3, 0.4) is 0 Å². The summed E-state index contributed by atoms with van der Waals surface area (Å²) < 4.78 is 3.84. The van der Waals surface area contributed by atoms with Gasteiger partial charge in [0.25, 0.3) is 0 Å². The number of hydrogen-bond donors (Lipinski definition) is 0. The predicted molar refractivity (Wildman–Crippen MR) is 248 cm³/mol.